The second-order valence-electron chi connectivity index (χ2n) is 5.13. The Balaban J connectivity index is 2.16. The van der Waals surface area contributed by atoms with Crippen molar-refractivity contribution in [1.29, 1.82) is 0 Å². The van der Waals surface area contributed by atoms with Gasteiger partial charge in [-0.05, 0) is 53.0 Å². The smallest absolute Gasteiger partial charge is 0.133 e. The summed E-state index contributed by atoms with van der Waals surface area (Å²) >= 11 is 3.55. The van der Waals surface area contributed by atoms with E-state index in [4.69, 9.17) is 4.74 Å². The first-order valence-electron chi connectivity index (χ1n) is 7.18. The summed E-state index contributed by atoms with van der Waals surface area (Å²) in [6.45, 7) is 3.17. The summed E-state index contributed by atoms with van der Waals surface area (Å²) < 4.78 is 8.12. The Morgan fingerprint density at radius 3 is 2.81 bits per heavy atom. The Hall–Kier alpha value is -1.33. The number of nitrogens with zero attached hydrogens (tertiary/aromatic N) is 2. The van der Waals surface area contributed by atoms with Crippen molar-refractivity contribution in [2.45, 2.75) is 25.8 Å². The molecular formula is C16H22BrN3O. The number of benzene rings is 1. The number of hydrogen-bond donors (Lipinski definition) is 1. The molecule has 2 rings (SSSR count). The van der Waals surface area contributed by atoms with E-state index >= 15 is 0 Å². The highest BCUT2D eigenvalue weighted by Gasteiger charge is 2.14. The molecule has 1 heterocycles. The van der Waals surface area contributed by atoms with Gasteiger partial charge in [0.2, 0.25) is 0 Å². The SMILES string of the molecule is CCCNC(Cc1ccc(OC)c(Br)c1)c1cnn(C)c1. The van der Waals surface area contributed by atoms with Crippen LogP contribution in [0.1, 0.15) is 30.5 Å². The molecule has 0 aliphatic heterocycles. The molecular weight excluding hydrogens is 330 g/mol. The van der Waals surface area contributed by atoms with Crippen LogP contribution in [-0.4, -0.2) is 23.4 Å². The van der Waals surface area contributed by atoms with Crippen molar-refractivity contribution in [2.75, 3.05) is 13.7 Å². The van der Waals surface area contributed by atoms with Crippen LogP contribution in [0.5, 0.6) is 5.75 Å². The van der Waals surface area contributed by atoms with E-state index in [0.29, 0.717) is 0 Å². The quantitative estimate of drug-likeness (QED) is 0.829. The van der Waals surface area contributed by atoms with Crippen molar-refractivity contribution in [1.82, 2.24) is 15.1 Å². The van der Waals surface area contributed by atoms with Crippen LogP contribution in [0.15, 0.2) is 35.1 Å². The molecule has 1 atom stereocenters. The lowest BCUT2D eigenvalue weighted by molar-refractivity contribution is 0.412. The first-order chi connectivity index (χ1) is 10.1. The highest BCUT2D eigenvalue weighted by atomic mass is 79.9. The number of ether oxygens (including phenoxy) is 1. The number of rotatable bonds is 7. The minimum atomic E-state index is 0.277. The van der Waals surface area contributed by atoms with Crippen LogP contribution >= 0.6 is 15.9 Å². The van der Waals surface area contributed by atoms with Crippen molar-refractivity contribution in [3.63, 3.8) is 0 Å². The summed E-state index contributed by atoms with van der Waals surface area (Å²) in [6, 6.07) is 6.51. The monoisotopic (exact) mass is 351 g/mol. The van der Waals surface area contributed by atoms with Crippen LogP contribution in [0.2, 0.25) is 0 Å². The first kappa shape index (κ1) is 16.0. The highest BCUT2D eigenvalue weighted by Crippen LogP contribution is 2.27. The lowest BCUT2D eigenvalue weighted by Gasteiger charge is -2.18. The fourth-order valence-electron chi connectivity index (χ4n) is 2.32. The number of methoxy groups -OCH3 is 1. The second kappa shape index (κ2) is 7.61. The molecule has 2 aromatic rings. The van der Waals surface area contributed by atoms with E-state index in [-0.39, 0.29) is 6.04 Å². The Kier molecular flexibility index (Phi) is 5.82. The van der Waals surface area contributed by atoms with E-state index in [1.54, 1.807) is 7.11 Å². The van der Waals surface area contributed by atoms with Gasteiger partial charge in [0.15, 0.2) is 0 Å². The molecule has 114 valence electrons. The lowest BCUT2D eigenvalue weighted by atomic mass is 10.0. The van der Waals surface area contributed by atoms with Crippen LogP contribution in [0.25, 0.3) is 0 Å². The molecule has 0 aliphatic rings. The van der Waals surface area contributed by atoms with E-state index in [0.717, 1.165) is 29.6 Å². The van der Waals surface area contributed by atoms with Gasteiger partial charge in [0.05, 0.1) is 17.8 Å². The highest BCUT2D eigenvalue weighted by molar-refractivity contribution is 9.10. The van der Waals surface area contributed by atoms with Gasteiger partial charge in [-0.1, -0.05) is 13.0 Å². The minimum Gasteiger partial charge on any atom is -0.496 e. The van der Waals surface area contributed by atoms with E-state index in [1.807, 2.05) is 24.0 Å². The summed E-state index contributed by atoms with van der Waals surface area (Å²) in [5, 5.41) is 7.88. The molecule has 0 saturated heterocycles. The van der Waals surface area contributed by atoms with Crippen molar-refractivity contribution < 1.29 is 4.74 Å². The average molecular weight is 352 g/mol. The Labute approximate surface area is 134 Å². The van der Waals surface area contributed by atoms with Crippen LogP contribution in [-0.2, 0) is 13.5 Å². The number of hydrogen-bond acceptors (Lipinski definition) is 3. The second-order valence-corrected chi connectivity index (χ2v) is 5.98. The molecule has 1 N–H and O–H groups in total. The zero-order valence-corrected chi connectivity index (χ0v) is 14.4. The van der Waals surface area contributed by atoms with Gasteiger partial charge < -0.3 is 10.1 Å². The molecule has 0 fully saturated rings. The zero-order chi connectivity index (χ0) is 15.2. The summed E-state index contributed by atoms with van der Waals surface area (Å²) in [5.41, 5.74) is 2.48. The number of halogens is 1. The zero-order valence-electron chi connectivity index (χ0n) is 12.8. The van der Waals surface area contributed by atoms with Crippen LogP contribution in [0.3, 0.4) is 0 Å². The minimum absolute atomic E-state index is 0.277. The predicted molar refractivity (Wildman–Crippen MR) is 88.6 cm³/mol. The topological polar surface area (TPSA) is 39.1 Å². The van der Waals surface area contributed by atoms with Gasteiger partial charge in [-0.2, -0.15) is 5.10 Å². The maximum absolute atomic E-state index is 5.28. The van der Waals surface area contributed by atoms with Crippen LogP contribution in [0, 0.1) is 0 Å². The summed E-state index contributed by atoms with van der Waals surface area (Å²) in [5.74, 6) is 0.859. The largest absolute Gasteiger partial charge is 0.496 e. The maximum atomic E-state index is 5.28. The predicted octanol–water partition coefficient (Wildman–Crippen LogP) is 3.47. The van der Waals surface area contributed by atoms with Crippen molar-refractivity contribution in [3.8, 4) is 5.75 Å². The van der Waals surface area contributed by atoms with Crippen molar-refractivity contribution in [3.05, 3.63) is 46.2 Å². The first-order valence-corrected chi connectivity index (χ1v) is 7.97. The molecule has 4 nitrogen and oxygen atoms in total. The standard InChI is InChI=1S/C16H22BrN3O/c1-4-7-18-15(13-10-19-20(2)11-13)9-12-5-6-16(21-3)14(17)8-12/h5-6,8,10-11,15,18H,4,7,9H2,1-3H3. The average Bonchev–Trinajstić information content (AvgIpc) is 2.90. The van der Waals surface area contributed by atoms with E-state index in [2.05, 4.69) is 51.6 Å². The van der Waals surface area contributed by atoms with Gasteiger partial charge in [0.1, 0.15) is 5.75 Å². The molecule has 0 saturated carbocycles. The number of nitrogens with one attached hydrogen (secondary N) is 1. The van der Waals surface area contributed by atoms with Gasteiger partial charge >= 0.3 is 0 Å². The molecule has 1 unspecified atom stereocenters. The van der Waals surface area contributed by atoms with Crippen LogP contribution < -0.4 is 10.1 Å². The van der Waals surface area contributed by atoms with Crippen molar-refractivity contribution >= 4 is 15.9 Å². The third kappa shape index (κ3) is 4.32. The fraction of sp³-hybridized carbons (Fsp3) is 0.438. The van der Waals surface area contributed by atoms with E-state index in [9.17, 15) is 0 Å². The summed E-state index contributed by atoms with van der Waals surface area (Å²) in [7, 11) is 3.63. The molecule has 1 aromatic heterocycles. The molecule has 0 radical (unpaired) electrons. The summed E-state index contributed by atoms with van der Waals surface area (Å²) in [4.78, 5) is 0. The fourth-order valence-corrected chi connectivity index (χ4v) is 2.91. The van der Waals surface area contributed by atoms with Crippen LogP contribution in [0.4, 0.5) is 0 Å². The molecule has 0 bridgehead atoms. The Morgan fingerprint density at radius 1 is 1.43 bits per heavy atom. The van der Waals surface area contributed by atoms with E-state index < -0.39 is 0 Å². The summed E-state index contributed by atoms with van der Waals surface area (Å²) in [6.07, 6.45) is 6.05. The molecule has 5 heteroatoms. The van der Waals surface area contributed by atoms with Gasteiger partial charge in [-0.25, -0.2) is 0 Å². The Bertz CT molecular complexity index is 583. The number of aromatic nitrogens is 2. The normalized spacial score (nSPS) is 12.4. The molecule has 0 spiro atoms. The molecule has 0 aliphatic carbocycles. The van der Waals surface area contributed by atoms with E-state index in [1.165, 1.54) is 11.1 Å². The third-order valence-corrected chi connectivity index (χ3v) is 4.04. The van der Waals surface area contributed by atoms with Crippen molar-refractivity contribution in [2.24, 2.45) is 7.05 Å². The van der Waals surface area contributed by atoms with Gasteiger partial charge in [-0.3, -0.25) is 4.68 Å². The van der Waals surface area contributed by atoms with Gasteiger partial charge in [0, 0.05) is 24.8 Å². The maximum Gasteiger partial charge on any atom is 0.133 e. The van der Waals surface area contributed by atoms with Gasteiger partial charge in [-0.15, -0.1) is 0 Å². The molecule has 0 amide bonds. The Morgan fingerprint density at radius 2 is 2.24 bits per heavy atom. The molecule has 1 aromatic carbocycles. The number of aryl methyl sites for hydroxylation is 1. The van der Waals surface area contributed by atoms with Gasteiger partial charge in [0.25, 0.3) is 0 Å². The molecule has 21 heavy (non-hydrogen) atoms. The third-order valence-electron chi connectivity index (χ3n) is 3.42. The lowest BCUT2D eigenvalue weighted by Crippen LogP contribution is -2.23.